The van der Waals surface area contributed by atoms with Gasteiger partial charge in [0.05, 0.1) is 18.2 Å². The minimum absolute atomic E-state index is 0.0918. The van der Waals surface area contributed by atoms with E-state index in [0.29, 0.717) is 17.2 Å². The Kier molecular flexibility index (Phi) is 3.01. The van der Waals surface area contributed by atoms with E-state index in [9.17, 15) is 4.79 Å². The second-order valence-corrected chi connectivity index (χ2v) is 6.86. The Morgan fingerprint density at radius 3 is 2.74 bits per heavy atom. The molecule has 3 rings (SSSR count). The predicted molar refractivity (Wildman–Crippen MR) is 72.2 cm³/mol. The quantitative estimate of drug-likeness (QED) is 0.770. The van der Waals surface area contributed by atoms with E-state index >= 15 is 0 Å². The molecule has 0 radical (unpaired) electrons. The van der Waals surface area contributed by atoms with Gasteiger partial charge in [0.2, 0.25) is 0 Å². The van der Waals surface area contributed by atoms with Crippen LogP contribution in [0, 0.1) is 5.41 Å². The van der Waals surface area contributed by atoms with Crippen LogP contribution in [0.5, 0.6) is 0 Å². The Bertz CT molecular complexity index is 470. The molecule has 0 unspecified atom stereocenters. The van der Waals surface area contributed by atoms with Crippen LogP contribution in [0.25, 0.3) is 0 Å². The lowest BCUT2D eigenvalue weighted by Gasteiger charge is -2.37. The van der Waals surface area contributed by atoms with E-state index in [-0.39, 0.29) is 5.60 Å². The highest BCUT2D eigenvalue weighted by atomic mass is 16.5. The first-order valence-electron chi connectivity index (χ1n) is 7.16. The van der Waals surface area contributed by atoms with E-state index in [1.165, 1.54) is 0 Å². The van der Waals surface area contributed by atoms with Gasteiger partial charge in [0.25, 0.3) is 0 Å². The molecular weight excluding hydrogens is 240 g/mol. The van der Waals surface area contributed by atoms with Crippen molar-refractivity contribution in [1.29, 1.82) is 0 Å². The molecule has 4 heteroatoms. The smallest absolute Gasteiger partial charge is 0.168 e. The Hall–Kier alpha value is -1.16. The van der Waals surface area contributed by atoms with Crippen LogP contribution in [0.4, 0.5) is 0 Å². The number of carbonyl (C=O) groups excluding carboxylic acids is 1. The lowest BCUT2D eigenvalue weighted by atomic mass is 9.75. The molecule has 1 aromatic rings. The third-order valence-corrected chi connectivity index (χ3v) is 4.60. The molecule has 1 spiro atoms. The first-order valence-corrected chi connectivity index (χ1v) is 7.16. The van der Waals surface area contributed by atoms with E-state index in [4.69, 9.17) is 4.74 Å². The molecule has 0 bridgehead atoms. The Morgan fingerprint density at radius 1 is 1.42 bits per heavy atom. The van der Waals surface area contributed by atoms with Crippen molar-refractivity contribution < 1.29 is 9.53 Å². The highest BCUT2D eigenvalue weighted by Crippen LogP contribution is 2.48. The molecule has 1 aromatic heterocycles. The van der Waals surface area contributed by atoms with Crippen molar-refractivity contribution >= 4 is 6.29 Å². The average Bonchev–Trinajstić information content (AvgIpc) is 2.96. The number of nitrogens with zero attached hydrogens (tertiary/aromatic N) is 2. The van der Waals surface area contributed by atoms with Gasteiger partial charge in [0.15, 0.2) is 6.29 Å². The number of hydrogen-bond donors (Lipinski definition) is 0. The van der Waals surface area contributed by atoms with E-state index in [1.54, 1.807) is 12.3 Å². The van der Waals surface area contributed by atoms with Crippen LogP contribution in [0.15, 0.2) is 12.3 Å². The third kappa shape index (κ3) is 2.34. The van der Waals surface area contributed by atoms with E-state index in [2.05, 4.69) is 18.9 Å². The zero-order valence-corrected chi connectivity index (χ0v) is 11.8. The van der Waals surface area contributed by atoms with Gasteiger partial charge in [-0.25, -0.2) is 0 Å². The van der Waals surface area contributed by atoms with Gasteiger partial charge >= 0.3 is 0 Å². The van der Waals surface area contributed by atoms with Gasteiger partial charge in [-0.15, -0.1) is 0 Å². The standard InChI is InChI=1S/C15H22N2O2/c1-14(2)10-15(19-11-14)6-3-12(4-7-15)17-13(9-18)5-8-16-17/h5,8-9,12H,3-4,6-7,10-11H2,1-2H3. The zero-order valence-electron chi connectivity index (χ0n) is 11.8. The molecule has 19 heavy (non-hydrogen) atoms. The summed E-state index contributed by atoms with van der Waals surface area (Å²) in [5.74, 6) is 0. The molecule has 0 atom stereocenters. The van der Waals surface area contributed by atoms with Crippen LogP contribution in [0.3, 0.4) is 0 Å². The number of aldehydes is 1. The SMILES string of the molecule is CC1(C)COC2(CCC(n3nccc3C=O)CC2)C1. The lowest BCUT2D eigenvalue weighted by molar-refractivity contribution is -0.0352. The van der Waals surface area contributed by atoms with Crippen molar-refractivity contribution in [1.82, 2.24) is 9.78 Å². The summed E-state index contributed by atoms with van der Waals surface area (Å²) in [5, 5.41) is 4.30. The molecule has 4 nitrogen and oxygen atoms in total. The highest BCUT2D eigenvalue weighted by molar-refractivity contribution is 5.71. The molecule has 104 valence electrons. The van der Waals surface area contributed by atoms with Crippen LogP contribution >= 0.6 is 0 Å². The molecular formula is C15H22N2O2. The minimum Gasteiger partial charge on any atom is -0.374 e. The summed E-state index contributed by atoms with van der Waals surface area (Å²) in [6, 6.07) is 2.14. The summed E-state index contributed by atoms with van der Waals surface area (Å²) < 4.78 is 8.01. The molecule has 0 N–H and O–H groups in total. The number of aromatic nitrogens is 2. The second-order valence-electron chi connectivity index (χ2n) is 6.86. The first kappa shape index (κ1) is 12.9. The fourth-order valence-corrected chi connectivity index (χ4v) is 3.74. The van der Waals surface area contributed by atoms with E-state index in [0.717, 1.165) is 45.0 Å². The second kappa shape index (κ2) is 4.44. The highest BCUT2D eigenvalue weighted by Gasteiger charge is 2.46. The molecule has 1 aliphatic heterocycles. The summed E-state index contributed by atoms with van der Waals surface area (Å²) >= 11 is 0. The largest absolute Gasteiger partial charge is 0.374 e. The van der Waals surface area contributed by atoms with Crippen molar-refractivity contribution in [2.75, 3.05) is 6.61 Å². The number of carbonyl (C=O) groups is 1. The molecule has 0 amide bonds. The summed E-state index contributed by atoms with van der Waals surface area (Å²) in [6.07, 6.45) is 8.04. The molecule has 1 aliphatic carbocycles. The summed E-state index contributed by atoms with van der Waals surface area (Å²) in [6.45, 7) is 5.44. The summed E-state index contributed by atoms with van der Waals surface area (Å²) in [5.41, 5.74) is 1.09. The van der Waals surface area contributed by atoms with Gasteiger partial charge in [0, 0.05) is 6.20 Å². The van der Waals surface area contributed by atoms with Crippen LogP contribution in [-0.4, -0.2) is 28.3 Å². The van der Waals surface area contributed by atoms with Crippen LogP contribution in [0.1, 0.15) is 62.5 Å². The predicted octanol–water partition coefficient (Wildman–Crippen LogP) is 3.00. The topological polar surface area (TPSA) is 44.1 Å². The normalized spacial score (nSPS) is 33.7. The fraction of sp³-hybridized carbons (Fsp3) is 0.733. The Labute approximate surface area is 114 Å². The summed E-state index contributed by atoms with van der Waals surface area (Å²) in [4.78, 5) is 11.0. The van der Waals surface area contributed by atoms with E-state index in [1.807, 2.05) is 4.68 Å². The van der Waals surface area contributed by atoms with Gasteiger partial charge < -0.3 is 4.74 Å². The molecule has 0 aromatic carbocycles. The molecule has 1 saturated heterocycles. The Morgan fingerprint density at radius 2 is 2.16 bits per heavy atom. The van der Waals surface area contributed by atoms with Crippen molar-refractivity contribution in [2.24, 2.45) is 5.41 Å². The maximum atomic E-state index is 11.0. The maximum absolute atomic E-state index is 11.0. The van der Waals surface area contributed by atoms with Crippen LogP contribution in [-0.2, 0) is 4.74 Å². The van der Waals surface area contributed by atoms with Crippen molar-refractivity contribution in [3.05, 3.63) is 18.0 Å². The van der Waals surface area contributed by atoms with Gasteiger partial charge in [-0.2, -0.15) is 5.10 Å². The summed E-state index contributed by atoms with van der Waals surface area (Å²) in [7, 11) is 0. The van der Waals surface area contributed by atoms with Gasteiger partial charge in [-0.1, -0.05) is 13.8 Å². The number of rotatable bonds is 2. The molecule has 2 heterocycles. The van der Waals surface area contributed by atoms with Gasteiger partial charge in [-0.3, -0.25) is 9.48 Å². The number of ether oxygens (including phenoxy) is 1. The fourth-order valence-electron chi connectivity index (χ4n) is 3.74. The van der Waals surface area contributed by atoms with Gasteiger partial charge in [-0.05, 0) is 43.6 Å². The van der Waals surface area contributed by atoms with Crippen LogP contribution in [0.2, 0.25) is 0 Å². The molecule has 2 fully saturated rings. The van der Waals surface area contributed by atoms with Crippen molar-refractivity contribution in [3.8, 4) is 0 Å². The van der Waals surface area contributed by atoms with Crippen molar-refractivity contribution in [3.63, 3.8) is 0 Å². The van der Waals surface area contributed by atoms with Crippen molar-refractivity contribution in [2.45, 2.75) is 57.6 Å². The third-order valence-electron chi connectivity index (χ3n) is 4.60. The van der Waals surface area contributed by atoms with E-state index < -0.39 is 0 Å². The first-order chi connectivity index (χ1) is 9.04. The van der Waals surface area contributed by atoms with Gasteiger partial charge in [0.1, 0.15) is 5.69 Å². The molecule has 1 saturated carbocycles. The monoisotopic (exact) mass is 262 g/mol. The lowest BCUT2D eigenvalue weighted by Crippen LogP contribution is -2.35. The molecule has 2 aliphatic rings. The zero-order chi connectivity index (χ0) is 13.5. The minimum atomic E-state index is 0.0918. The average molecular weight is 262 g/mol. The Balaban J connectivity index is 1.69. The maximum Gasteiger partial charge on any atom is 0.168 e. The number of hydrogen-bond acceptors (Lipinski definition) is 3. The van der Waals surface area contributed by atoms with Crippen LogP contribution < -0.4 is 0 Å².